The molecule has 154 valence electrons. The predicted octanol–water partition coefficient (Wildman–Crippen LogP) is 3.95. The quantitative estimate of drug-likeness (QED) is 0.694. The van der Waals surface area contributed by atoms with Crippen LogP contribution in [-0.2, 0) is 4.79 Å². The first-order valence-electron chi connectivity index (χ1n) is 9.82. The van der Waals surface area contributed by atoms with Gasteiger partial charge in [0.15, 0.2) is 0 Å². The first-order valence-corrected chi connectivity index (χ1v) is 11.0. The SMILES string of the molecule is Cc1ccc(NC(=O)C2CSCN2C(=O)c2cnn(-c3ccccc3)c2C)cc1C. The van der Waals surface area contributed by atoms with Gasteiger partial charge in [-0.05, 0) is 56.2 Å². The number of carbonyl (C=O) groups is 2. The van der Waals surface area contributed by atoms with Gasteiger partial charge in [0.25, 0.3) is 5.91 Å². The van der Waals surface area contributed by atoms with Gasteiger partial charge in [0.1, 0.15) is 6.04 Å². The lowest BCUT2D eigenvalue weighted by molar-refractivity contribution is -0.119. The average molecular weight is 421 g/mol. The molecule has 2 heterocycles. The van der Waals surface area contributed by atoms with E-state index in [0.29, 0.717) is 17.2 Å². The number of benzene rings is 2. The van der Waals surface area contributed by atoms with Crippen LogP contribution in [0, 0.1) is 20.8 Å². The predicted molar refractivity (Wildman–Crippen MR) is 120 cm³/mol. The van der Waals surface area contributed by atoms with Gasteiger partial charge in [-0.2, -0.15) is 5.10 Å². The first kappa shape index (κ1) is 20.2. The van der Waals surface area contributed by atoms with Crippen LogP contribution in [-0.4, -0.2) is 44.2 Å². The van der Waals surface area contributed by atoms with Crippen LogP contribution in [0.1, 0.15) is 27.2 Å². The van der Waals surface area contributed by atoms with Crippen molar-refractivity contribution in [1.82, 2.24) is 14.7 Å². The van der Waals surface area contributed by atoms with Crippen molar-refractivity contribution in [2.24, 2.45) is 0 Å². The fraction of sp³-hybridized carbons (Fsp3) is 0.261. The molecule has 2 amide bonds. The van der Waals surface area contributed by atoms with E-state index in [-0.39, 0.29) is 11.8 Å². The summed E-state index contributed by atoms with van der Waals surface area (Å²) in [6.45, 7) is 5.92. The minimum absolute atomic E-state index is 0.162. The van der Waals surface area contributed by atoms with Gasteiger partial charge >= 0.3 is 0 Å². The molecule has 0 bridgehead atoms. The van der Waals surface area contributed by atoms with E-state index in [9.17, 15) is 9.59 Å². The van der Waals surface area contributed by atoms with Gasteiger partial charge in [-0.3, -0.25) is 9.59 Å². The van der Waals surface area contributed by atoms with Crippen LogP contribution < -0.4 is 5.32 Å². The van der Waals surface area contributed by atoms with E-state index in [1.54, 1.807) is 27.5 Å². The lowest BCUT2D eigenvalue weighted by atomic mass is 10.1. The van der Waals surface area contributed by atoms with E-state index in [1.807, 2.05) is 69.3 Å². The molecule has 0 saturated carbocycles. The van der Waals surface area contributed by atoms with Gasteiger partial charge in [0, 0.05) is 11.4 Å². The molecule has 3 aromatic rings. The molecule has 4 rings (SSSR count). The Kier molecular flexibility index (Phi) is 5.63. The Balaban J connectivity index is 1.53. The molecule has 0 radical (unpaired) electrons. The highest BCUT2D eigenvalue weighted by Gasteiger charge is 2.36. The van der Waals surface area contributed by atoms with Crippen molar-refractivity contribution in [3.05, 3.63) is 77.1 Å². The number of aryl methyl sites for hydroxylation is 2. The van der Waals surface area contributed by atoms with E-state index < -0.39 is 6.04 Å². The molecule has 6 nitrogen and oxygen atoms in total. The average Bonchev–Trinajstić information content (AvgIpc) is 3.38. The number of nitrogens with one attached hydrogen (secondary N) is 1. The highest BCUT2D eigenvalue weighted by atomic mass is 32.2. The highest BCUT2D eigenvalue weighted by molar-refractivity contribution is 7.99. The number of amides is 2. The van der Waals surface area contributed by atoms with Crippen molar-refractivity contribution in [3.8, 4) is 5.69 Å². The normalized spacial score (nSPS) is 16.0. The summed E-state index contributed by atoms with van der Waals surface area (Å²) >= 11 is 1.58. The molecule has 7 heteroatoms. The summed E-state index contributed by atoms with van der Waals surface area (Å²) in [5.74, 6) is 0.735. The van der Waals surface area contributed by atoms with E-state index in [1.165, 1.54) is 5.56 Å². The second-order valence-electron chi connectivity index (χ2n) is 7.47. The minimum Gasteiger partial charge on any atom is -0.324 e. The third kappa shape index (κ3) is 3.85. The molecule has 1 saturated heterocycles. The molecule has 1 atom stereocenters. The molecule has 1 unspecified atom stereocenters. The van der Waals surface area contributed by atoms with E-state index in [0.717, 1.165) is 22.6 Å². The Labute approximate surface area is 180 Å². The zero-order chi connectivity index (χ0) is 21.3. The summed E-state index contributed by atoms with van der Waals surface area (Å²) < 4.78 is 1.75. The molecule has 1 fully saturated rings. The van der Waals surface area contributed by atoms with Crippen LogP contribution >= 0.6 is 11.8 Å². The van der Waals surface area contributed by atoms with E-state index >= 15 is 0 Å². The highest BCUT2D eigenvalue weighted by Crippen LogP contribution is 2.26. The van der Waals surface area contributed by atoms with Crippen molar-refractivity contribution in [1.29, 1.82) is 0 Å². The van der Waals surface area contributed by atoms with Crippen LogP contribution in [0.25, 0.3) is 5.69 Å². The zero-order valence-corrected chi connectivity index (χ0v) is 18.1. The van der Waals surface area contributed by atoms with Gasteiger partial charge < -0.3 is 10.2 Å². The number of nitrogens with zero attached hydrogens (tertiary/aromatic N) is 3. The number of hydrogen-bond donors (Lipinski definition) is 1. The summed E-state index contributed by atoms with van der Waals surface area (Å²) in [7, 11) is 0. The van der Waals surface area contributed by atoms with Gasteiger partial charge in [0.05, 0.1) is 29.0 Å². The first-order chi connectivity index (χ1) is 14.5. The Hall–Kier alpha value is -3.06. The molecular weight excluding hydrogens is 396 g/mol. The van der Waals surface area contributed by atoms with Crippen molar-refractivity contribution >= 4 is 29.3 Å². The van der Waals surface area contributed by atoms with Gasteiger partial charge in [-0.1, -0.05) is 24.3 Å². The van der Waals surface area contributed by atoms with Crippen molar-refractivity contribution < 1.29 is 9.59 Å². The number of hydrogen-bond acceptors (Lipinski definition) is 4. The molecule has 1 aliphatic heterocycles. The van der Waals surface area contributed by atoms with Gasteiger partial charge in [0.2, 0.25) is 5.91 Å². The number of para-hydroxylation sites is 1. The van der Waals surface area contributed by atoms with Crippen LogP contribution in [0.15, 0.2) is 54.7 Å². The van der Waals surface area contributed by atoms with Crippen LogP contribution in [0.5, 0.6) is 0 Å². The Bertz CT molecular complexity index is 1090. The number of rotatable bonds is 4. The molecular formula is C23H24N4O2S. The largest absolute Gasteiger partial charge is 0.324 e. The topological polar surface area (TPSA) is 67.2 Å². The molecule has 30 heavy (non-hydrogen) atoms. The zero-order valence-electron chi connectivity index (χ0n) is 17.3. The lowest BCUT2D eigenvalue weighted by Gasteiger charge is -2.23. The maximum absolute atomic E-state index is 13.3. The number of carbonyl (C=O) groups excluding carboxylic acids is 2. The van der Waals surface area contributed by atoms with E-state index in [4.69, 9.17) is 0 Å². The third-order valence-electron chi connectivity index (χ3n) is 5.46. The smallest absolute Gasteiger partial charge is 0.258 e. The molecule has 1 N–H and O–H groups in total. The molecule has 1 aromatic heterocycles. The molecule has 2 aromatic carbocycles. The second-order valence-corrected chi connectivity index (χ2v) is 8.47. The second kappa shape index (κ2) is 8.36. The Morgan fingerprint density at radius 3 is 2.57 bits per heavy atom. The molecule has 0 aliphatic carbocycles. The standard InChI is InChI=1S/C23H24N4O2S/c1-15-9-10-18(11-16(15)2)25-22(28)21-13-30-14-26(21)23(29)20-12-24-27(17(20)3)19-7-5-4-6-8-19/h4-12,21H,13-14H2,1-3H3,(H,25,28). The number of anilines is 1. The Morgan fingerprint density at radius 2 is 1.83 bits per heavy atom. The monoisotopic (exact) mass is 420 g/mol. The summed E-state index contributed by atoms with van der Waals surface area (Å²) in [6.07, 6.45) is 1.59. The molecule has 0 spiro atoms. The summed E-state index contributed by atoms with van der Waals surface area (Å²) in [4.78, 5) is 27.8. The van der Waals surface area contributed by atoms with Crippen molar-refractivity contribution in [2.45, 2.75) is 26.8 Å². The van der Waals surface area contributed by atoms with Gasteiger partial charge in [-0.25, -0.2) is 4.68 Å². The van der Waals surface area contributed by atoms with Gasteiger partial charge in [-0.15, -0.1) is 11.8 Å². The maximum Gasteiger partial charge on any atom is 0.258 e. The van der Waals surface area contributed by atoms with Crippen LogP contribution in [0.2, 0.25) is 0 Å². The summed E-state index contributed by atoms with van der Waals surface area (Å²) in [5.41, 5.74) is 5.22. The fourth-order valence-corrected chi connectivity index (χ4v) is 4.66. The summed E-state index contributed by atoms with van der Waals surface area (Å²) in [6, 6.07) is 15.0. The van der Waals surface area contributed by atoms with Crippen molar-refractivity contribution in [2.75, 3.05) is 16.9 Å². The van der Waals surface area contributed by atoms with Crippen molar-refractivity contribution in [3.63, 3.8) is 0 Å². The summed E-state index contributed by atoms with van der Waals surface area (Å²) in [5, 5.41) is 7.36. The molecule has 1 aliphatic rings. The minimum atomic E-state index is -0.511. The fourth-order valence-electron chi connectivity index (χ4n) is 3.51. The number of thioether (sulfide) groups is 1. The Morgan fingerprint density at radius 1 is 1.07 bits per heavy atom. The lowest BCUT2D eigenvalue weighted by Crippen LogP contribution is -2.44. The number of aromatic nitrogens is 2. The van der Waals surface area contributed by atoms with Crippen LogP contribution in [0.3, 0.4) is 0 Å². The third-order valence-corrected chi connectivity index (χ3v) is 6.47. The van der Waals surface area contributed by atoms with E-state index in [2.05, 4.69) is 10.4 Å². The maximum atomic E-state index is 13.3. The van der Waals surface area contributed by atoms with Crippen LogP contribution in [0.4, 0.5) is 5.69 Å².